The molecule has 1 saturated heterocycles. The molecule has 1 fully saturated rings. The lowest BCUT2D eigenvalue weighted by atomic mass is 10.2. The van der Waals surface area contributed by atoms with E-state index in [-0.39, 0.29) is 12.1 Å². The standard InChI is InChI=1S/C13H25NO3/c1-10(2)14-7-5-6-12(14)9-17-11(3)8-13(15)16-4/h10-12H,5-9H2,1-4H3/t11?,12-/m0/s1. The number of carbonyl (C=O) groups excluding carboxylic acids is 1. The summed E-state index contributed by atoms with van der Waals surface area (Å²) in [4.78, 5) is 13.6. The fourth-order valence-electron chi connectivity index (χ4n) is 2.37. The number of likely N-dealkylation sites (tertiary alicyclic amines) is 1. The molecule has 0 bridgehead atoms. The van der Waals surface area contributed by atoms with Gasteiger partial charge in [0.1, 0.15) is 0 Å². The average Bonchev–Trinajstić information content (AvgIpc) is 2.74. The molecule has 0 saturated carbocycles. The molecule has 0 amide bonds. The second-order valence-electron chi connectivity index (χ2n) is 5.05. The Morgan fingerprint density at radius 2 is 2.12 bits per heavy atom. The summed E-state index contributed by atoms with van der Waals surface area (Å²) in [6, 6.07) is 1.08. The maximum absolute atomic E-state index is 11.1. The van der Waals surface area contributed by atoms with Gasteiger partial charge in [0.05, 0.1) is 26.2 Å². The van der Waals surface area contributed by atoms with Crippen LogP contribution >= 0.6 is 0 Å². The molecule has 0 aliphatic carbocycles. The number of esters is 1. The molecule has 1 aliphatic rings. The molecular weight excluding hydrogens is 218 g/mol. The van der Waals surface area contributed by atoms with Crippen LogP contribution in [0, 0.1) is 0 Å². The van der Waals surface area contributed by atoms with E-state index >= 15 is 0 Å². The molecule has 1 rings (SSSR count). The van der Waals surface area contributed by atoms with E-state index < -0.39 is 0 Å². The summed E-state index contributed by atoms with van der Waals surface area (Å²) in [6.07, 6.45) is 2.73. The third kappa shape index (κ3) is 4.64. The molecule has 4 nitrogen and oxygen atoms in total. The molecule has 100 valence electrons. The Kier molecular flexibility index (Phi) is 5.92. The number of ether oxygens (including phenoxy) is 2. The van der Waals surface area contributed by atoms with E-state index in [0.29, 0.717) is 18.5 Å². The summed E-state index contributed by atoms with van der Waals surface area (Å²) in [5.41, 5.74) is 0. The highest BCUT2D eigenvalue weighted by molar-refractivity contribution is 5.69. The molecule has 17 heavy (non-hydrogen) atoms. The van der Waals surface area contributed by atoms with Crippen molar-refractivity contribution >= 4 is 5.97 Å². The van der Waals surface area contributed by atoms with Crippen LogP contribution in [-0.2, 0) is 14.3 Å². The highest BCUT2D eigenvalue weighted by atomic mass is 16.5. The van der Waals surface area contributed by atoms with Gasteiger partial charge in [0.25, 0.3) is 0 Å². The lowest BCUT2D eigenvalue weighted by Gasteiger charge is -2.28. The summed E-state index contributed by atoms with van der Waals surface area (Å²) in [5.74, 6) is -0.204. The quantitative estimate of drug-likeness (QED) is 0.667. The fraction of sp³-hybridized carbons (Fsp3) is 0.923. The van der Waals surface area contributed by atoms with Gasteiger partial charge in [-0.1, -0.05) is 0 Å². The van der Waals surface area contributed by atoms with Crippen LogP contribution in [-0.4, -0.2) is 49.3 Å². The van der Waals surface area contributed by atoms with Gasteiger partial charge in [-0.2, -0.15) is 0 Å². The number of rotatable bonds is 6. The van der Waals surface area contributed by atoms with Gasteiger partial charge in [-0.15, -0.1) is 0 Å². The second-order valence-corrected chi connectivity index (χ2v) is 5.05. The SMILES string of the molecule is COC(=O)CC(C)OC[C@@H]1CCCN1C(C)C. The average molecular weight is 243 g/mol. The van der Waals surface area contributed by atoms with Crippen molar-refractivity contribution in [2.75, 3.05) is 20.3 Å². The Labute approximate surface area is 104 Å². The van der Waals surface area contributed by atoms with E-state index in [4.69, 9.17) is 4.74 Å². The first-order valence-corrected chi connectivity index (χ1v) is 6.48. The third-order valence-electron chi connectivity index (χ3n) is 3.34. The molecule has 0 radical (unpaired) electrons. The Balaban J connectivity index is 2.27. The van der Waals surface area contributed by atoms with Crippen molar-refractivity contribution in [1.29, 1.82) is 0 Å². The van der Waals surface area contributed by atoms with Crippen LogP contribution in [0.5, 0.6) is 0 Å². The normalized spacial score (nSPS) is 23.0. The predicted octanol–water partition coefficient (Wildman–Crippen LogP) is 1.83. The van der Waals surface area contributed by atoms with Gasteiger partial charge in [-0.25, -0.2) is 0 Å². The molecule has 0 aromatic carbocycles. The highest BCUT2D eigenvalue weighted by Gasteiger charge is 2.27. The number of methoxy groups -OCH3 is 1. The van der Waals surface area contributed by atoms with Crippen LogP contribution in [0.15, 0.2) is 0 Å². The molecule has 1 unspecified atom stereocenters. The summed E-state index contributed by atoms with van der Waals surface area (Å²) in [7, 11) is 1.41. The Bertz CT molecular complexity index is 243. The van der Waals surface area contributed by atoms with E-state index in [1.807, 2.05) is 6.92 Å². The van der Waals surface area contributed by atoms with Crippen LogP contribution in [0.25, 0.3) is 0 Å². The van der Waals surface area contributed by atoms with Gasteiger partial charge in [-0.05, 0) is 40.2 Å². The molecule has 0 N–H and O–H groups in total. The third-order valence-corrected chi connectivity index (χ3v) is 3.34. The van der Waals surface area contributed by atoms with E-state index in [1.165, 1.54) is 20.0 Å². The molecule has 0 aromatic heterocycles. The highest BCUT2D eigenvalue weighted by Crippen LogP contribution is 2.20. The lowest BCUT2D eigenvalue weighted by molar-refractivity contribution is -0.143. The predicted molar refractivity (Wildman–Crippen MR) is 66.9 cm³/mol. The van der Waals surface area contributed by atoms with Crippen molar-refractivity contribution in [1.82, 2.24) is 4.90 Å². The topological polar surface area (TPSA) is 38.8 Å². The number of hydrogen-bond donors (Lipinski definition) is 0. The van der Waals surface area contributed by atoms with E-state index in [9.17, 15) is 4.79 Å². The zero-order chi connectivity index (χ0) is 12.8. The van der Waals surface area contributed by atoms with Crippen LogP contribution in [0.1, 0.15) is 40.0 Å². The Morgan fingerprint density at radius 3 is 2.71 bits per heavy atom. The van der Waals surface area contributed by atoms with Gasteiger partial charge in [0.2, 0.25) is 0 Å². The van der Waals surface area contributed by atoms with Crippen molar-refractivity contribution in [2.24, 2.45) is 0 Å². The molecule has 1 aliphatic heterocycles. The van der Waals surface area contributed by atoms with Gasteiger partial charge in [0, 0.05) is 12.1 Å². The molecule has 1 heterocycles. The van der Waals surface area contributed by atoms with Crippen molar-refractivity contribution in [3.63, 3.8) is 0 Å². The first-order valence-electron chi connectivity index (χ1n) is 6.48. The van der Waals surface area contributed by atoms with Crippen LogP contribution < -0.4 is 0 Å². The zero-order valence-corrected chi connectivity index (χ0v) is 11.4. The molecular formula is C13H25NO3. The minimum atomic E-state index is -0.204. The molecule has 0 spiro atoms. The Morgan fingerprint density at radius 1 is 1.41 bits per heavy atom. The van der Waals surface area contributed by atoms with Crippen LogP contribution in [0.2, 0.25) is 0 Å². The monoisotopic (exact) mass is 243 g/mol. The first-order chi connectivity index (χ1) is 8.04. The largest absolute Gasteiger partial charge is 0.469 e. The van der Waals surface area contributed by atoms with Crippen molar-refractivity contribution in [3.05, 3.63) is 0 Å². The fourth-order valence-corrected chi connectivity index (χ4v) is 2.37. The smallest absolute Gasteiger partial charge is 0.308 e. The number of hydrogen-bond acceptors (Lipinski definition) is 4. The van der Waals surface area contributed by atoms with E-state index in [2.05, 4.69) is 23.5 Å². The minimum Gasteiger partial charge on any atom is -0.469 e. The Hall–Kier alpha value is -0.610. The maximum Gasteiger partial charge on any atom is 0.308 e. The molecule has 2 atom stereocenters. The summed E-state index contributed by atoms with van der Waals surface area (Å²) >= 11 is 0. The van der Waals surface area contributed by atoms with Gasteiger partial charge in [-0.3, -0.25) is 9.69 Å². The van der Waals surface area contributed by atoms with Crippen LogP contribution in [0.4, 0.5) is 0 Å². The van der Waals surface area contributed by atoms with Crippen molar-refractivity contribution in [3.8, 4) is 0 Å². The van der Waals surface area contributed by atoms with E-state index in [1.54, 1.807) is 0 Å². The maximum atomic E-state index is 11.1. The van der Waals surface area contributed by atoms with Gasteiger partial charge < -0.3 is 9.47 Å². The lowest BCUT2D eigenvalue weighted by Crippen LogP contribution is -2.39. The molecule has 0 aromatic rings. The number of carbonyl (C=O) groups is 1. The minimum absolute atomic E-state index is 0.0583. The first kappa shape index (κ1) is 14.5. The second kappa shape index (κ2) is 6.97. The zero-order valence-electron chi connectivity index (χ0n) is 11.4. The molecule has 4 heteroatoms. The summed E-state index contributed by atoms with van der Waals surface area (Å²) in [6.45, 7) is 8.24. The van der Waals surface area contributed by atoms with Crippen molar-refractivity contribution < 1.29 is 14.3 Å². The van der Waals surface area contributed by atoms with Crippen molar-refractivity contribution in [2.45, 2.75) is 58.2 Å². The number of nitrogens with zero attached hydrogens (tertiary/aromatic N) is 1. The van der Waals surface area contributed by atoms with Gasteiger partial charge in [0.15, 0.2) is 0 Å². The van der Waals surface area contributed by atoms with E-state index in [0.717, 1.165) is 13.2 Å². The van der Waals surface area contributed by atoms with Crippen LogP contribution in [0.3, 0.4) is 0 Å². The van der Waals surface area contributed by atoms with Gasteiger partial charge >= 0.3 is 5.97 Å². The summed E-state index contributed by atoms with van der Waals surface area (Å²) < 4.78 is 10.4. The summed E-state index contributed by atoms with van der Waals surface area (Å²) in [5, 5.41) is 0.